The Labute approximate surface area is 171 Å². The summed E-state index contributed by atoms with van der Waals surface area (Å²) in [5, 5.41) is 6.54. The molecule has 3 rings (SSSR count). The lowest BCUT2D eigenvalue weighted by Gasteiger charge is -2.17. The van der Waals surface area contributed by atoms with Gasteiger partial charge in [0, 0.05) is 31.4 Å². The summed E-state index contributed by atoms with van der Waals surface area (Å²) < 4.78 is 11.5. The van der Waals surface area contributed by atoms with Crippen LogP contribution in [-0.2, 0) is 6.54 Å². The minimum absolute atomic E-state index is 0. The number of ether oxygens (including phenoxy) is 2. The van der Waals surface area contributed by atoms with E-state index in [1.165, 1.54) is 0 Å². The van der Waals surface area contributed by atoms with Gasteiger partial charge in [0.25, 0.3) is 0 Å². The maximum Gasteiger partial charge on any atom is 0.224 e. The van der Waals surface area contributed by atoms with Gasteiger partial charge in [0.1, 0.15) is 11.5 Å². The molecule has 0 saturated carbocycles. The zero-order chi connectivity index (χ0) is 17.3. The van der Waals surface area contributed by atoms with E-state index >= 15 is 0 Å². The second-order valence-corrected chi connectivity index (χ2v) is 5.75. The van der Waals surface area contributed by atoms with E-state index in [9.17, 15) is 0 Å². The number of hydrogen-bond acceptors (Lipinski definition) is 6. The van der Waals surface area contributed by atoms with Crippen molar-refractivity contribution >= 4 is 29.9 Å². The average Bonchev–Trinajstić information content (AvgIpc) is 2.67. The maximum atomic E-state index is 5.94. The summed E-state index contributed by atoms with van der Waals surface area (Å²) in [7, 11) is 0. The first-order valence-electron chi connectivity index (χ1n) is 8.72. The van der Waals surface area contributed by atoms with Crippen molar-refractivity contribution in [1.29, 1.82) is 0 Å². The topological polar surface area (TPSA) is 67.8 Å². The van der Waals surface area contributed by atoms with Crippen molar-refractivity contribution < 1.29 is 9.47 Å². The summed E-state index contributed by atoms with van der Waals surface area (Å²) in [6, 6.07) is 11.5. The van der Waals surface area contributed by atoms with Crippen LogP contribution >= 0.6 is 24.0 Å². The number of guanidine groups is 1. The first-order valence-corrected chi connectivity index (χ1v) is 8.72. The molecular formula is C19H25IN4O2. The zero-order valence-corrected chi connectivity index (χ0v) is 17.2. The molecule has 0 bridgehead atoms. The minimum atomic E-state index is 0. The van der Waals surface area contributed by atoms with Gasteiger partial charge in [-0.3, -0.25) is 4.99 Å². The van der Waals surface area contributed by atoms with E-state index in [4.69, 9.17) is 9.47 Å². The molecule has 7 heteroatoms. The quantitative estimate of drug-likeness (QED) is 0.607. The van der Waals surface area contributed by atoms with Gasteiger partial charge in [-0.25, -0.2) is 4.98 Å². The number of rotatable bonds is 7. The first-order chi connectivity index (χ1) is 12.3. The Morgan fingerprint density at radius 1 is 1.15 bits per heavy atom. The predicted molar refractivity (Wildman–Crippen MR) is 114 cm³/mol. The van der Waals surface area contributed by atoms with Gasteiger partial charge in [-0.05, 0) is 43.2 Å². The number of hydrogen-bond donors (Lipinski definition) is 2. The van der Waals surface area contributed by atoms with Crippen molar-refractivity contribution in [2.24, 2.45) is 4.99 Å². The second kappa shape index (κ2) is 10.8. The highest BCUT2D eigenvalue weighted by Crippen LogP contribution is 2.25. The SMILES string of the molecule is CCCOc1ccc(Oc2ncccc2CNC2=NCCCN2)cc1.I. The summed E-state index contributed by atoms with van der Waals surface area (Å²) in [5.41, 5.74) is 0.976. The third kappa shape index (κ3) is 6.05. The smallest absolute Gasteiger partial charge is 0.224 e. The van der Waals surface area contributed by atoms with E-state index in [-0.39, 0.29) is 24.0 Å². The number of nitrogens with zero attached hydrogens (tertiary/aromatic N) is 2. The molecule has 0 fully saturated rings. The van der Waals surface area contributed by atoms with Crippen molar-refractivity contribution in [2.45, 2.75) is 26.3 Å². The summed E-state index contributed by atoms with van der Waals surface area (Å²) in [5.74, 6) is 3.00. The van der Waals surface area contributed by atoms with Gasteiger partial charge >= 0.3 is 0 Å². The van der Waals surface area contributed by atoms with Crippen molar-refractivity contribution in [2.75, 3.05) is 19.7 Å². The molecule has 0 amide bonds. The van der Waals surface area contributed by atoms with E-state index in [1.54, 1.807) is 6.20 Å². The van der Waals surface area contributed by atoms with Gasteiger partial charge < -0.3 is 20.1 Å². The molecule has 0 unspecified atom stereocenters. The Hall–Kier alpha value is -2.03. The lowest BCUT2D eigenvalue weighted by Crippen LogP contribution is -2.40. The van der Waals surface area contributed by atoms with Crippen LogP contribution in [-0.4, -0.2) is 30.6 Å². The van der Waals surface area contributed by atoms with Crippen molar-refractivity contribution in [3.05, 3.63) is 48.2 Å². The number of halogens is 1. The third-order valence-corrected chi connectivity index (χ3v) is 3.70. The normalized spacial score (nSPS) is 13.0. The Bertz CT molecular complexity index is 707. The zero-order valence-electron chi connectivity index (χ0n) is 14.9. The molecule has 1 aliphatic heterocycles. The van der Waals surface area contributed by atoms with E-state index in [2.05, 4.69) is 27.5 Å². The van der Waals surface area contributed by atoms with E-state index in [0.29, 0.717) is 19.0 Å². The van der Waals surface area contributed by atoms with Gasteiger partial charge in [-0.15, -0.1) is 24.0 Å². The highest BCUT2D eigenvalue weighted by molar-refractivity contribution is 14.0. The average molecular weight is 468 g/mol. The predicted octanol–water partition coefficient (Wildman–Crippen LogP) is 3.72. The van der Waals surface area contributed by atoms with Crippen molar-refractivity contribution in [3.8, 4) is 17.4 Å². The van der Waals surface area contributed by atoms with Gasteiger partial charge in [-0.2, -0.15) is 0 Å². The fourth-order valence-corrected chi connectivity index (χ4v) is 2.42. The Morgan fingerprint density at radius 3 is 2.69 bits per heavy atom. The Kier molecular flexibility index (Phi) is 8.46. The largest absolute Gasteiger partial charge is 0.494 e. The van der Waals surface area contributed by atoms with Gasteiger partial charge in [-0.1, -0.05) is 13.0 Å². The molecule has 0 saturated heterocycles. The Morgan fingerprint density at radius 2 is 1.96 bits per heavy atom. The second-order valence-electron chi connectivity index (χ2n) is 5.75. The number of aromatic nitrogens is 1. The summed E-state index contributed by atoms with van der Waals surface area (Å²) >= 11 is 0. The molecule has 140 valence electrons. The summed E-state index contributed by atoms with van der Waals surface area (Å²) in [6.45, 7) is 5.22. The molecule has 0 spiro atoms. The molecule has 2 aromatic rings. The van der Waals surface area contributed by atoms with E-state index < -0.39 is 0 Å². The lowest BCUT2D eigenvalue weighted by atomic mass is 10.2. The fraction of sp³-hybridized carbons (Fsp3) is 0.368. The van der Waals surface area contributed by atoms with Crippen LogP contribution < -0.4 is 20.1 Å². The standard InChI is InChI=1S/C19H24N4O2.HI/c1-2-13-24-16-6-8-17(9-7-16)25-18-15(5-3-10-20-18)14-23-19-21-11-4-12-22-19;/h3,5-10H,2,4,11-14H2,1H3,(H2,21,22,23);1H. The van der Waals surface area contributed by atoms with Gasteiger partial charge in [0.15, 0.2) is 5.96 Å². The van der Waals surface area contributed by atoms with Crippen LogP contribution in [0.3, 0.4) is 0 Å². The molecule has 0 aliphatic carbocycles. The molecule has 1 aliphatic rings. The van der Waals surface area contributed by atoms with Crippen LogP contribution in [0.2, 0.25) is 0 Å². The molecule has 0 radical (unpaired) electrons. The highest BCUT2D eigenvalue weighted by Gasteiger charge is 2.09. The number of nitrogens with one attached hydrogen (secondary N) is 2. The van der Waals surface area contributed by atoms with Crippen LogP contribution in [0, 0.1) is 0 Å². The molecule has 2 heterocycles. The van der Waals surface area contributed by atoms with Gasteiger partial charge in [0.2, 0.25) is 5.88 Å². The maximum absolute atomic E-state index is 5.94. The Balaban J connectivity index is 0.00000243. The number of aliphatic imine (C=N–C) groups is 1. The number of benzene rings is 1. The summed E-state index contributed by atoms with van der Waals surface area (Å²) in [6.07, 6.45) is 3.79. The van der Waals surface area contributed by atoms with Gasteiger partial charge in [0.05, 0.1) is 6.61 Å². The van der Waals surface area contributed by atoms with Crippen LogP contribution in [0.1, 0.15) is 25.3 Å². The van der Waals surface area contributed by atoms with E-state index in [0.717, 1.165) is 49.0 Å². The fourth-order valence-electron chi connectivity index (χ4n) is 2.42. The third-order valence-electron chi connectivity index (χ3n) is 3.70. The lowest BCUT2D eigenvalue weighted by molar-refractivity contribution is 0.317. The van der Waals surface area contributed by atoms with Crippen LogP contribution in [0.4, 0.5) is 0 Å². The monoisotopic (exact) mass is 468 g/mol. The highest BCUT2D eigenvalue weighted by atomic mass is 127. The first kappa shape index (κ1) is 20.3. The molecule has 0 atom stereocenters. The molecule has 6 nitrogen and oxygen atoms in total. The minimum Gasteiger partial charge on any atom is -0.494 e. The van der Waals surface area contributed by atoms with Crippen molar-refractivity contribution in [1.82, 2.24) is 15.6 Å². The molecule has 26 heavy (non-hydrogen) atoms. The van der Waals surface area contributed by atoms with Crippen LogP contribution in [0.25, 0.3) is 0 Å². The molecular weight excluding hydrogens is 443 g/mol. The molecule has 1 aromatic carbocycles. The number of pyridine rings is 1. The van der Waals surface area contributed by atoms with Crippen LogP contribution in [0.15, 0.2) is 47.6 Å². The summed E-state index contributed by atoms with van der Waals surface area (Å²) in [4.78, 5) is 8.77. The van der Waals surface area contributed by atoms with E-state index in [1.807, 2.05) is 36.4 Å². The molecule has 1 aromatic heterocycles. The molecule has 2 N–H and O–H groups in total. The van der Waals surface area contributed by atoms with Crippen molar-refractivity contribution in [3.63, 3.8) is 0 Å². The van der Waals surface area contributed by atoms with Crippen LogP contribution in [0.5, 0.6) is 17.4 Å².